The molecule has 0 bridgehead atoms. The highest BCUT2D eigenvalue weighted by atomic mass is 35.5. The first-order chi connectivity index (χ1) is 12.4. The Kier molecular flexibility index (Phi) is 5.64. The van der Waals surface area contributed by atoms with E-state index in [9.17, 15) is 4.79 Å². The first-order valence-corrected chi connectivity index (χ1v) is 9.66. The summed E-state index contributed by atoms with van der Waals surface area (Å²) < 4.78 is 0. The lowest BCUT2D eigenvalue weighted by Gasteiger charge is -2.47. The summed E-state index contributed by atoms with van der Waals surface area (Å²) in [5.41, 5.74) is 6.14. The largest absolute Gasteiger partial charge is 0.361 e. The highest BCUT2D eigenvalue weighted by Crippen LogP contribution is 2.36. The molecule has 0 saturated carbocycles. The zero-order valence-electron chi connectivity index (χ0n) is 15.0. The predicted octanol–water partition coefficient (Wildman–Crippen LogP) is 5.67. The SMILES string of the molecule is Cc1cccc2c1NC(C)(CCCCCl)N(Nc1ccc(Cl)cc1)C2=O. The number of para-hydroxylation sites is 1. The maximum Gasteiger partial charge on any atom is 0.276 e. The Morgan fingerprint density at radius 2 is 1.88 bits per heavy atom. The standard InChI is InChI=1S/C20H23Cl2N3O/c1-14-6-5-7-17-18(14)23-20(2,12-3-4-13-21)25(19(17)26)24-16-10-8-15(22)9-11-16/h5-11,23-24H,3-4,12-13H2,1-2H3. The Morgan fingerprint density at radius 1 is 1.15 bits per heavy atom. The van der Waals surface area contributed by atoms with E-state index in [1.165, 1.54) is 0 Å². The number of amides is 1. The number of carbonyl (C=O) groups is 1. The van der Waals surface area contributed by atoms with Crippen molar-refractivity contribution in [3.63, 3.8) is 0 Å². The number of rotatable bonds is 6. The summed E-state index contributed by atoms with van der Waals surface area (Å²) in [6, 6.07) is 13.1. The molecule has 0 aliphatic carbocycles. The zero-order valence-corrected chi connectivity index (χ0v) is 16.5. The smallest absolute Gasteiger partial charge is 0.276 e. The van der Waals surface area contributed by atoms with E-state index in [-0.39, 0.29) is 5.91 Å². The van der Waals surface area contributed by atoms with Crippen LogP contribution >= 0.6 is 23.2 Å². The van der Waals surface area contributed by atoms with Crippen LogP contribution in [0.2, 0.25) is 5.02 Å². The molecular weight excluding hydrogens is 369 g/mol. The Balaban J connectivity index is 1.96. The summed E-state index contributed by atoms with van der Waals surface area (Å²) in [5.74, 6) is 0.565. The Bertz CT molecular complexity index is 794. The minimum Gasteiger partial charge on any atom is -0.361 e. The molecule has 0 aromatic heterocycles. The molecule has 0 spiro atoms. The van der Waals surface area contributed by atoms with E-state index in [1.807, 2.05) is 44.2 Å². The van der Waals surface area contributed by atoms with Crippen molar-refractivity contribution in [2.75, 3.05) is 16.6 Å². The fourth-order valence-corrected chi connectivity index (χ4v) is 3.56. The van der Waals surface area contributed by atoms with Crippen molar-refractivity contribution in [1.29, 1.82) is 0 Å². The number of halogens is 2. The van der Waals surface area contributed by atoms with Gasteiger partial charge >= 0.3 is 0 Å². The molecule has 2 aromatic rings. The van der Waals surface area contributed by atoms with Crippen LogP contribution in [0.3, 0.4) is 0 Å². The van der Waals surface area contributed by atoms with Gasteiger partial charge in [-0.1, -0.05) is 23.7 Å². The molecule has 6 heteroatoms. The number of hydrazine groups is 1. The van der Waals surface area contributed by atoms with Gasteiger partial charge in [0.2, 0.25) is 0 Å². The van der Waals surface area contributed by atoms with Crippen molar-refractivity contribution >= 4 is 40.5 Å². The molecule has 4 nitrogen and oxygen atoms in total. The van der Waals surface area contributed by atoms with Crippen LogP contribution in [0, 0.1) is 6.92 Å². The van der Waals surface area contributed by atoms with E-state index in [2.05, 4.69) is 10.7 Å². The van der Waals surface area contributed by atoms with Crippen LogP contribution in [-0.4, -0.2) is 22.5 Å². The lowest BCUT2D eigenvalue weighted by atomic mass is 9.95. The van der Waals surface area contributed by atoms with Gasteiger partial charge in [-0.3, -0.25) is 10.2 Å². The molecule has 0 radical (unpaired) electrons. The maximum absolute atomic E-state index is 13.3. The summed E-state index contributed by atoms with van der Waals surface area (Å²) in [6.07, 6.45) is 2.60. The van der Waals surface area contributed by atoms with Crippen LogP contribution < -0.4 is 10.7 Å². The van der Waals surface area contributed by atoms with Crippen LogP contribution in [-0.2, 0) is 0 Å². The number of aryl methyl sites for hydroxylation is 1. The summed E-state index contributed by atoms with van der Waals surface area (Å²) >= 11 is 11.8. The summed E-state index contributed by atoms with van der Waals surface area (Å²) in [6.45, 7) is 4.05. The third-order valence-electron chi connectivity index (χ3n) is 4.73. The fraction of sp³-hybridized carbons (Fsp3) is 0.350. The van der Waals surface area contributed by atoms with Gasteiger partial charge in [0.15, 0.2) is 0 Å². The molecule has 1 atom stereocenters. The van der Waals surface area contributed by atoms with Gasteiger partial charge in [0.1, 0.15) is 5.66 Å². The van der Waals surface area contributed by atoms with Gasteiger partial charge < -0.3 is 5.32 Å². The Labute approximate surface area is 164 Å². The molecule has 1 aliphatic heterocycles. The first-order valence-electron chi connectivity index (χ1n) is 8.75. The first kappa shape index (κ1) is 18.9. The number of nitrogens with zero attached hydrogens (tertiary/aromatic N) is 1. The van der Waals surface area contributed by atoms with Gasteiger partial charge in [-0.05, 0) is 69.0 Å². The second-order valence-electron chi connectivity index (χ2n) is 6.80. The number of fused-ring (bicyclic) bond motifs is 1. The number of carbonyl (C=O) groups excluding carboxylic acids is 1. The van der Waals surface area contributed by atoms with Crippen molar-refractivity contribution in [2.45, 2.75) is 38.8 Å². The van der Waals surface area contributed by atoms with Crippen LogP contribution in [0.4, 0.5) is 11.4 Å². The zero-order chi connectivity index (χ0) is 18.7. The number of anilines is 2. The minimum atomic E-state index is -0.568. The number of alkyl halides is 1. The Hall–Kier alpha value is -1.91. The molecule has 2 aromatic carbocycles. The quantitative estimate of drug-likeness (QED) is 0.492. The van der Waals surface area contributed by atoms with Gasteiger partial charge in [-0.15, -0.1) is 11.6 Å². The molecular formula is C20H23Cl2N3O. The Morgan fingerprint density at radius 3 is 2.58 bits per heavy atom. The van der Waals surface area contributed by atoms with Crippen LogP contribution in [0.15, 0.2) is 42.5 Å². The highest BCUT2D eigenvalue weighted by Gasteiger charge is 2.41. The average molecular weight is 392 g/mol. The van der Waals surface area contributed by atoms with Crippen LogP contribution in [0.25, 0.3) is 0 Å². The van der Waals surface area contributed by atoms with Crippen molar-refractivity contribution in [2.24, 2.45) is 0 Å². The van der Waals surface area contributed by atoms with Crippen molar-refractivity contribution in [1.82, 2.24) is 5.01 Å². The van der Waals surface area contributed by atoms with Crippen molar-refractivity contribution in [3.05, 3.63) is 58.6 Å². The monoisotopic (exact) mass is 391 g/mol. The van der Waals surface area contributed by atoms with Gasteiger partial charge in [0, 0.05) is 10.9 Å². The molecule has 0 saturated heterocycles. The molecule has 2 N–H and O–H groups in total. The van der Waals surface area contributed by atoms with E-state index in [1.54, 1.807) is 17.1 Å². The number of benzene rings is 2. The lowest BCUT2D eigenvalue weighted by molar-refractivity contribution is 0.0597. The topological polar surface area (TPSA) is 44.4 Å². The van der Waals surface area contributed by atoms with E-state index in [0.29, 0.717) is 16.5 Å². The second-order valence-corrected chi connectivity index (χ2v) is 7.62. The molecule has 0 fully saturated rings. The van der Waals surface area contributed by atoms with E-state index in [4.69, 9.17) is 23.2 Å². The third kappa shape index (κ3) is 3.76. The van der Waals surface area contributed by atoms with Crippen molar-refractivity contribution < 1.29 is 4.79 Å². The number of hydrogen-bond donors (Lipinski definition) is 2. The van der Waals surface area contributed by atoms with E-state index >= 15 is 0 Å². The van der Waals surface area contributed by atoms with Gasteiger partial charge in [0.25, 0.3) is 5.91 Å². The maximum atomic E-state index is 13.3. The summed E-state index contributed by atoms with van der Waals surface area (Å²) in [7, 11) is 0. The number of nitrogens with one attached hydrogen (secondary N) is 2. The fourth-order valence-electron chi connectivity index (χ4n) is 3.25. The van der Waals surface area contributed by atoms with Gasteiger partial charge in [-0.25, -0.2) is 5.01 Å². The molecule has 1 aliphatic rings. The highest BCUT2D eigenvalue weighted by molar-refractivity contribution is 6.30. The molecule has 1 unspecified atom stereocenters. The number of hydrogen-bond acceptors (Lipinski definition) is 3. The van der Waals surface area contributed by atoms with Crippen molar-refractivity contribution in [3.8, 4) is 0 Å². The molecule has 138 valence electrons. The summed E-state index contributed by atoms with van der Waals surface area (Å²) in [4.78, 5) is 13.3. The molecule has 26 heavy (non-hydrogen) atoms. The van der Waals surface area contributed by atoms with E-state index < -0.39 is 5.66 Å². The van der Waals surface area contributed by atoms with Gasteiger partial charge in [0.05, 0.1) is 16.9 Å². The summed E-state index contributed by atoms with van der Waals surface area (Å²) in [5, 5.41) is 5.93. The minimum absolute atomic E-state index is 0.0502. The predicted molar refractivity (Wildman–Crippen MR) is 109 cm³/mol. The van der Waals surface area contributed by atoms with Gasteiger partial charge in [-0.2, -0.15) is 0 Å². The number of unbranched alkanes of at least 4 members (excludes halogenated alkanes) is 1. The second kappa shape index (κ2) is 7.77. The van der Waals surface area contributed by atoms with E-state index in [0.717, 1.165) is 36.2 Å². The van der Waals surface area contributed by atoms with Crippen LogP contribution in [0.1, 0.15) is 42.1 Å². The molecule has 1 amide bonds. The average Bonchev–Trinajstić information content (AvgIpc) is 2.62. The normalized spacial score (nSPS) is 19.1. The molecule has 3 rings (SSSR count). The van der Waals surface area contributed by atoms with Crippen LogP contribution in [0.5, 0.6) is 0 Å². The molecule has 1 heterocycles. The lowest BCUT2D eigenvalue weighted by Crippen LogP contribution is -2.60. The third-order valence-corrected chi connectivity index (χ3v) is 5.25.